The lowest BCUT2D eigenvalue weighted by Crippen LogP contribution is -2.09. The second kappa shape index (κ2) is 3.23. The van der Waals surface area contributed by atoms with E-state index in [-0.39, 0.29) is 11.3 Å². The molecule has 0 fully saturated rings. The highest BCUT2D eigenvalue weighted by atomic mass is 16.4. The van der Waals surface area contributed by atoms with Gasteiger partial charge in [0.25, 0.3) is 0 Å². The van der Waals surface area contributed by atoms with E-state index in [0.29, 0.717) is 0 Å². The summed E-state index contributed by atoms with van der Waals surface area (Å²) in [4.78, 5) is 10.3. The molecule has 0 amide bonds. The lowest BCUT2D eigenvalue weighted by molar-refractivity contribution is -0.146. The number of rotatable bonds is 2. The minimum Gasteiger partial charge on any atom is -0.508 e. The van der Waals surface area contributed by atoms with E-state index in [4.69, 9.17) is 15.3 Å². The molecule has 0 heterocycles. The number of phenols is 1. The first-order valence-electron chi connectivity index (χ1n) is 3.31. The molecule has 1 atom stereocenters. The van der Waals surface area contributed by atoms with Gasteiger partial charge in [0.05, 0.1) is 0 Å². The number of aliphatic hydroxyl groups excluding tert-OH is 1. The van der Waals surface area contributed by atoms with Crippen LogP contribution >= 0.6 is 0 Å². The number of hydrogen-bond donors (Lipinski definition) is 3. The number of aliphatic carboxylic acids is 1. The first-order valence-corrected chi connectivity index (χ1v) is 3.31. The monoisotopic (exact) mass is 168 g/mol. The van der Waals surface area contributed by atoms with Crippen LogP contribution in [0, 0.1) is 0 Å². The van der Waals surface area contributed by atoms with E-state index < -0.39 is 12.1 Å². The van der Waals surface area contributed by atoms with Crippen LogP contribution in [0.3, 0.4) is 0 Å². The van der Waals surface area contributed by atoms with Gasteiger partial charge in [0, 0.05) is 0 Å². The molecule has 3 N–H and O–H groups in total. The van der Waals surface area contributed by atoms with Crippen molar-refractivity contribution in [2.24, 2.45) is 0 Å². The molecular formula is C8H8O4. The molecule has 64 valence electrons. The Kier molecular flexibility index (Phi) is 2.30. The second-order valence-corrected chi connectivity index (χ2v) is 2.34. The minimum absolute atomic E-state index is 0.0622. The van der Waals surface area contributed by atoms with Crippen LogP contribution in [0.5, 0.6) is 5.75 Å². The van der Waals surface area contributed by atoms with Crippen LogP contribution in [0.1, 0.15) is 11.7 Å². The Bertz CT molecular complexity index is 295. The van der Waals surface area contributed by atoms with Crippen molar-refractivity contribution in [3.8, 4) is 5.75 Å². The Labute approximate surface area is 68.7 Å². The first-order chi connectivity index (χ1) is 5.61. The third-order valence-corrected chi connectivity index (χ3v) is 1.42. The van der Waals surface area contributed by atoms with Gasteiger partial charge in [0.1, 0.15) is 5.75 Å². The summed E-state index contributed by atoms with van der Waals surface area (Å²) in [5.74, 6) is -1.39. The number of aromatic hydroxyl groups is 1. The van der Waals surface area contributed by atoms with Gasteiger partial charge in [-0.25, -0.2) is 4.79 Å². The van der Waals surface area contributed by atoms with Crippen molar-refractivity contribution in [1.29, 1.82) is 0 Å². The van der Waals surface area contributed by atoms with Gasteiger partial charge in [-0.15, -0.1) is 0 Å². The summed E-state index contributed by atoms with van der Waals surface area (Å²) >= 11 is 0. The zero-order chi connectivity index (χ0) is 9.14. The van der Waals surface area contributed by atoms with Crippen LogP contribution in [0.15, 0.2) is 24.3 Å². The summed E-state index contributed by atoms with van der Waals surface area (Å²) in [6, 6.07) is 5.51. The first kappa shape index (κ1) is 8.55. The van der Waals surface area contributed by atoms with Gasteiger partial charge < -0.3 is 15.3 Å². The van der Waals surface area contributed by atoms with E-state index in [1.807, 2.05) is 0 Å². The van der Waals surface area contributed by atoms with Gasteiger partial charge in [-0.3, -0.25) is 0 Å². The van der Waals surface area contributed by atoms with Crippen LogP contribution in [0.2, 0.25) is 0 Å². The number of benzene rings is 1. The van der Waals surface area contributed by atoms with Gasteiger partial charge in [-0.2, -0.15) is 0 Å². The summed E-state index contributed by atoms with van der Waals surface area (Å²) in [5.41, 5.74) is 0.169. The summed E-state index contributed by atoms with van der Waals surface area (Å²) < 4.78 is 0. The summed E-state index contributed by atoms with van der Waals surface area (Å²) in [7, 11) is 0. The molecule has 1 rings (SSSR count). The molecule has 0 saturated heterocycles. The molecule has 0 spiro atoms. The van der Waals surface area contributed by atoms with Crippen molar-refractivity contribution in [2.75, 3.05) is 0 Å². The van der Waals surface area contributed by atoms with Crippen LogP contribution in [0.25, 0.3) is 0 Å². The average molecular weight is 168 g/mol. The SMILES string of the molecule is O=C(O)C(O)c1cccc(O)c1. The molecule has 4 heteroatoms. The molecule has 4 nitrogen and oxygen atoms in total. The number of aliphatic hydroxyl groups is 1. The predicted molar refractivity (Wildman–Crippen MR) is 40.7 cm³/mol. The lowest BCUT2D eigenvalue weighted by Gasteiger charge is -2.04. The third-order valence-electron chi connectivity index (χ3n) is 1.42. The van der Waals surface area contributed by atoms with E-state index in [1.165, 1.54) is 24.3 Å². The van der Waals surface area contributed by atoms with Gasteiger partial charge in [-0.1, -0.05) is 12.1 Å². The van der Waals surface area contributed by atoms with Gasteiger partial charge in [-0.05, 0) is 17.7 Å². The Morgan fingerprint density at radius 1 is 1.42 bits per heavy atom. The van der Waals surface area contributed by atoms with Crippen molar-refractivity contribution in [2.45, 2.75) is 6.10 Å². The van der Waals surface area contributed by atoms with E-state index >= 15 is 0 Å². The van der Waals surface area contributed by atoms with Crippen molar-refractivity contribution in [3.63, 3.8) is 0 Å². The average Bonchev–Trinajstić information content (AvgIpc) is 2.03. The molecule has 0 aromatic heterocycles. The number of phenolic OH excluding ortho intramolecular Hbond substituents is 1. The minimum atomic E-state index is -1.57. The highest BCUT2D eigenvalue weighted by Gasteiger charge is 2.15. The smallest absolute Gasteiger partial charge is 0.337 e. The van der Waals surface area contributed by atoms with Gasteiger partial charge >= 0.3 is 5.97 Å². The highest BCUT2D eigenvalue weighted by molar-refractivity contribution is 5.74. The standard InChI is InChI=1S/C8H8O4/c9-6-3-1-2-5(4-6)7(10)8(11)12/h1-4,7,9-10H,(H,11,12). The van der Waals surface area contributed by atoms with Crippen LogP contribution < -0.4 is 0 Å². The lowest BCUT2D eigenvalue weighted by atomic mass is 10.1. The van der Waals surface area contributed by atoms with Crippen LogP contribution in [0.4, 0.5) is 0 Å². The highest BCUT2D eigenvalue weighted by Crippen LogP contribution is 2.17. The zero-order valence-corrected chi connectivity index (χ0v) is 6.14. The van der Waals surface area contributed by atoms with Crippen molar-refractivity contribution in [3.05, 3.63) is 29.8 Å². The van der Waals surface area contributed by atoms with Crippen molar-refractivity contribution >= 4 is 5.97 Å². The molecule has 12 heavy (non-hydrogen) atoms. The van der Waals surface area contributed by atoms with E-state index in [1.54, 1.807) is 0 Å². The maximum Gasteiger partial charge on any atom is 0.337 e. The Morgan fingerprint density at radius 3 is 2.58 bits per heavy atom. The zero-order valence-electron chi connectivity index (χ0n) is 6.14. The van der Waals surface area contributed by atoms with E-state index in [0.717, 1.165) is 0 Å². The van der Waals surface area contributed by atoms with E-state index in [2.05, 4.69) is 0 Å². The molecule has 0 radical (unpaired) electrons. The Balaban J connectivity index is 2.95. The number of carbonyl (C=O) groups is 1. The molecule has 0 saturated carbocycles. The summed E-state index contributed by atoms with van der Waals surface area (Å²) in [6.07, 6.45) is -1.57. The molecule has 0 bridgehead atoms. The molecule has 1 aromatic rings. The van der Waals surface area contributed by atoms with Crippen LogP contribution in [-0.4, -0.2) is 21.3 Å². The third kappa shape index (κ3) is 1.73. The normalized spacial score (nSPS) is 12.4. The molecular weight excluding hydrogens is 160 g/mol. The summed E-state index contributed by atoms with van der Waals surface area (Å²) in [6.45, 7) is 0. The summed E-state index contributed by atoms with van der Waals surface area (Å²) in [5, 5.41) is 26.3. The maximum atomic E-state index is 10.3. The molecule has 1 aromatic carbocycles. The fourth-order valence-electron chi connectivity index (χ4n) is 0.837. The number of carboxylic acid groups (broad SMARTS) is 1. The predicted octanol–water partition coefficient (Wildman–Crippen LogP) is 0.510. The molecule has 1 unspecified atom stereocenters. The molecule has 0 aliphatic carbocycles. The molecule has 0 aliphatic rings. The number of carboxylic acids is 1. The Hall–Kier alpha value is -1.55. The van der Waals surface area contributed by atoms with Crippen molar-refractivity contribution in [1.82, 2.24) is 0 Å². The topological polar surface area (TPSA) is 77.8 Å². The van der Waals surface area contributed by atoms with Gasteiger partial charge in [0.15, 0.2) is 6.10 Å². The van der Waals surface area contributed by atoms with Gasteiger partial charge in [0.2, 0.25) is 0 Å². The molecule has 0 aliphatic heterocycles. The fourth-order valence-corrected chi connectivity index (χ4v) is 0.837. The maximum absolute atomic E-state index is 10.3. The largest absolute Gasteiger partial charge is 0.508 e. The number of hydrogen-bond acceptors (Lipinski definition) is 3. The van der Waals surface area contributed by atoms with Crippen LogP contribution in [-0.2, 0) is 4.79 Å². The van der Waals surface area contributed by atoms with Crippen molar-refractivity contribution < 1.29 is 20.1 Å². The quantitative estimate of drug-likeness (QED) is 0.601. The van der Waals surface area contributed by atoms with E-state index in [9.17, 15) is 4.79 Å². The second-order valence-electron chi connectivity index (χ2n) is 2.34. The Morgan fingerprint density at radius 2 is 2.08 bits per heavy atom. The fraction of sp³-hybridized carbons (Fsp3) is 0.125.